The van der Waals surface area contributed by atoms with Gasteiger partial charge in [0.05, 0.1) is 18.2 Å². The first-order chi connectivity index (χ1) is 16.2. The minimum Gasteiger partial charge on any atom is -0.497 e. The maximum Gasteiger partial charge on any atom is 0.244 e. The summed E-state index contributed by atoms with van der Waals surface area (Å²) in [5, 5.41) is 0. The van der Waals surface area contributed by atoms with E-state index in [2.05, 4.69) is 51.7 Å². The van der Waals surface area contributed by atoms with Crippen LogP contribution in [0.5, 0.6) is 5.75 Å². The molecule has 4 rings (SSSR count). The van der Waals surface area contributed by atoms with Crippen LogP contribution in [0, 0.1) is 0 Å². The zero-order valence-corrected chi connectivity index (χ0v) is 23.0. The molecule has 186 valence electrons. The van der Waals surface area contributed by atoms with Crippen molar-refractivity contribution in [1.29, 1.82) is 0 Å². The highest BCUT2D eigenvalue weighted by atomic mass is 79.9. The average Bonchev–Trinajstić information content (AvgIpc) is 2.83. The molecular weight excluding hydrogens is 514 g/mol. The summed E-state index contributed by atoms with van der Waals surface area (Å²) in [6.45, 7) is 9.56. The first-order valence-corrected chi connectivity index (χ1v) is 14.4. The molecule has 2 saturated heterocycles. The van der Waals surface area contributed by atoms with Gasteiger partial charge in [-0.3, -0.25) is 9.80 Å². The van der Waals surface area contributed by atoms with Crippen molar-refractivity contribution in [2.75, 3.05) is 33.3 Å². The third kappa shape index (κ3) is 5.21. The molecule has 0 aromatic heterocycles. The van der Waals surface area contributed by atoms with Gasteiger partial charge in [-0.25, -0.2) is 8.42 Å². The van der Waals surface area contributed by atoms with Crippen LogP contribution in [0.2, 0.25) is 0 Å². The lowest BCUT2D eigenvalue weighted by atomic mass is 9.98. The molecule has 2 aromatic rings. The van der Waals surface area contributed by atoms with Crippen LogP contribution in [0.25, 0.3) is 0 Å². The average molecular weight is 551 g/mol. The molecule has 0 aliphatic carbocycles. The Kier molecular flexibility index (Phi) is 8.04. The van der Waals surface area contributed by atoms with E-state index in [9.17, 15) is 8.42 Å². The van der Waals surface area contributed by atoms with Crippen LogP contribution in [0.1, 0.15) is 38.3 Å². The molecule has 0 radical (unpaired) electrons. The van der Waals surface area contributed by atoms with E-state index in [1.807, 2.05) is 31.2 Å². The second-order valence-corrected chi connectivity index (χ2v) is 12.3. The van der Waals surface area contributed by atoms with Gasteiger partial charge in [-0.15, -0.1) is 0 Å². The summed E-state index contributed by atoms with van der Waals surface area (Å²) in [5.41, 5.74) is 2.11. The quantitative estimate of drug-likeness (QED) is 0.513. The van der Waals surface area contributed by atoms with Gasteiger partial charge in [0.15, 0.2) is 0 Å². The number of nitrogens with zero attached hydrogens (tertiary/aromatic N) is 3. The Labute approximate surface area is 213 Å². The summed E-state index contributed by atoms with van der Waals surface area (Å²) in [5.74, 6) is 0.852. The minimum absolute atomic E-state index is 0.161. The van der Waals surface area contributed by atoms with Crippen molar-refractivity contribution in [2.45, 2.75) is 63.2 Å². The SMILES string of the molecule is CCc1cc(Br)ccc1S(=O)(=O)N1CCCN2C(Cc3ccc(OC)cc3)CN(C(C)C)CC21. The molecule has 34 heavy (non-hydrogen) atoms. The van der Waals surface area contributed by atoms with Crippen molar-refractivity contribution in [3.63, 3.8) is 0 Å². The topological polar surface area (TPSA) is 53.1 Å². The van der Waals surface area contributed by atoms with Crippen LogP contribution < -0.4 is 4.74 Å². The standard InChI is InChI=1S/C26H36BrN3O3S/c1-5-21-16-22(27)9-12-25(21)34(31,32)30-14-6-13-29-23(17-28(19(2)3)18-26(29)30)15-20-7-10-24(33-4)11-8-20/h7-12,16,19,23,26H,5-6,13-15,17-18H2,1-4H3. The van der Waals surface area contributed by atoms with Gasteiger partial charge in [0, 0.05) is 42.7 Å². The predicted molar refractivity (Wildman–Crippen MR) is 140 cm³/mol. The number of halogens is 1. The first-order valence-electron chi connectivity index (χ1n) is 12.2. The fourth-order valence-electron chi connectivity index (χ4n) is 5.27. The Morgan fingerprint density at radius 2 is 1.82 bits per heavy atom. The number of rotatable bonds is 7. The first kappa shape index (κ1) is 25.6. The van der Waals surface area contributed by atoms with Crippen LogP contribution in [0.4, 0.5) is 0 Å². The highest BCUT2D eigenvalue weighted by molar-refractivity contribution is 9.10. The molecule has 2 aliphatic heterocycles. The second kappa shape index (κ2) is 10.7. The largest absolute Gasteiger partial charge is 0.497 e. The van der Waals surface area contributed by atoms with E-state index in [-0.39, 0.29) is 12.2 Å². The van der Waals surface area contributed by atoms with E-state index in [4.69, 9.17) is 4.74 Å². The fraction of sp³-hybridized carbons (Fsp3) is 0.538. The van der Waals surface area contributed by atoms with Gasteiger partial charge in [-0.05, 0) is 74.6 Å². The third-order valence-electron chi connectivity index (χ3n) is 7.17. The van der Waals surface area contributed by atoms with Gasteiger partial charge in [0.2, 0.25) is 10.0 Å². The lowest BCUT2D eigenvalue weighted by Gasteiger charge is -2.53. The van der Waals surface area contributed by atoms with Crippen LogP contribution in [0.15, 0.2) is 51.8 Å². The van der Waals surface area contributed by atoms with Crippen LogP contribution in [0.3, 0.4) is 0 Å². The number of ether oxygens (including phenoxy) is 1. The molecule has 0 amide bonds. The lowest BCUT2D eigenvalue weighted by Crippen LogP contribution is -2.68. The molecule has 2 aliphatic rings. The summed E-state index contributed by atoms with van der Waals surface area (Å²) in [6, 6.07) is 14.4. The molecule has 0 spiro atoms. The maximum absolute atomic E-state index is 14.0. The van der Waals surface area contributed by atoms with Crippen LogP contribution in [-0.2, 0) is 22.9 Å². The van der Waals surface area contributed by atoms with Crippen molar-refractivity contribution in [3.8, 4) is 5.75 Å². The van der Waals surface area contributed by atoms with Crippen LogP contribution in [-0.4, -0.2) is 74.1 Å². The Morgan fingerprint density at radius 1 is 1.09 bits per heavy atom. The van der Waals surface area contributed by atoms with Crippen molar-refractivity contribution in [3.05, 3.63) is 58.1 Å². The summed E-state index contributed by atoms with van der Waals surface area (Å²) in [6.07, 6.45) is 2.24. The number of piperazine rings is 1. The summed E-state index contributed by atoms with van der Waals surface area (Å²) < 4.78 is 36.0. The van der Waals surface area contributed by atoms with E-state index >= 15 is 0 Å². The Balaban J connectivity index is 1.66. The molecular formula is C26H36BrN3O3S. The lowest BCUT2D eigenvalue weighted by molar-refractivity contribution is -0.0563. The zero-order chi connectivity index (χ0) is 24.5. The highest BCUT2D eigenvalue weighted by Gasteiger charge is 2.45. The number of fused-ring (bicyclic) bond motifs is 1. The zero-order valence-electron chi connectivity index (χ0n) is 20.6. The van der Waals surface area contributed by atoms with E-state index in [0.717, 1.165) is 48.3 Å². The summed E-state index contributed by atoms with van der Waals surface area (Å²) >= 11 is 3.50. The molecule has 2 heterocycles. The van der Waals surface area contributed by atoms with Gasteiger partial charge in [0.25, 0.3) is 0 Å². The molecule has 2 aromatic carbocycles. The Morgan fingerprint density at radius 3 is 2.47 bits per heavy atom. The van der Waals surface area contributed by atoms with E-state index in [1.54, 1.807) is 17.5 Å². The van der Waals surface area contributed by atoms with E-state index in [1.165, 1.54) is 5.56 Å². The maximum atomic E-state index is 14.0. The normalized spacial score (nSPS) is 22.6. The van der Waals surface area contributed by atoms with E-state index in [0.29, 0.717) is 23.9 Å². The van der Waals surface area contributed by atoms with Crippen molar-refractivity contribution in [2.24, 2.45) is 0 Å². The third-order valence-corrected chi connectivity index (χ3v) is 9.66. The van der Waals surface area contributed by atoms with Gasteiger partial charge in [-0.1, -0.05) is 35.0 Å². The van der Waals surface area contributed by atoms with Crippen molar-refractivity contribution < 1.29 is 13.2 Å². The number of sulfonamides is 1. The smallest absolute Gasteiger partial charge is 0.244 e. The van der Waals surface area contributed by atoms with Gasteiger partial charge in [-0.2, -0.15) is 4.31 Å². The fourth-order valence-corrected chi connectivity index (χ4v) is 7.59. The number of benzene rings is 2. The minimum atomic E-state index is -3.62. The van der Waals surface area contributed by atoms with Gasteiger partial charge >= 0.3 is 0 Å². The summed E-state index contributed by atoms with van der Waals surface area (Å²) in [4.78, 5) is 5.31. The van der Waals surface area contributed by atoms with Crippen molar-refractivity contribution >= 4 is 26.0 Å². The number of hydrogen-bond acceptors (Lipinski definition) is 5. The molecule has 2 atom stereocenters. The number of hydrogen-bond donors (Lipinski definition) is 0. The monoisotopic (exact) mass is 549 g/mol. The van der Waals surface area contributed by atoms with Gasteiger partial charge < -0.3 is 4.74 Å². The molecule has 2 unspecified atom stereocenters. The molecule has 6 nitrogen and oxygen atoms in total. The van der Waals surface area contributed by atoms with Crippen LogP contribution >= 0.6 is 15.9 Å². The Hall–Kier alpha value is -1.45. The molecule has 0 N–H and O–H groups in total. The van der Waals surface area contributed by atoms with Gasteiger partial charge in [0.1, 0.15) is 5.75 Å². The molecule has 0 bridgehead atoms. The number of methoxy groups -OCH3 is 1. The molecule has 8 heteroatoms. The molecule has 2 fully saturated rings. The summed E-state index contributed by atoms with van der Waals surface area (Å²) in [7, 11) is -1.94. The predicted octanol–water partition coefficient (Wildman–Crippen LogP) is 4.38. The second-order valence-electron chi connectivity index (χ2n) is 9.55. The highest BCUT2D eigenvalue weighted by Crippen LogP contribution is 2.33. The molecule has 0 saturated carbocycles. The number of aryl methyl sites for hydroxylation is 1. The van der Waals surface area contributed by atoms with Crippen molar-refractivity contribution in [1.82, 2.24) is 14.1 Å². The Bertz CT molecular complexity index is 1090. The van der Waals surface area contributed by atoms with E-state index < -0.39 is 10.0 Å².